The van der Waals surface area contributed by atoms with Gasteiger partial charge in [0.05, 0.1) is 5.69 Å². The normalized spacial score (nSPS) is 13.5. The van der Waals surface area contributed by atoms with Crippen molar-refractivity contribution in [1.29, 1.82) is 0 Å². The molecule has 0 aliphatic heterocycles. The smallest absolute Gasteiger partial charge is 0.131 e. The van der Waals surface area contributed by atoms with Crippen molar-refractivity contribution < 1.29 is 0 Å². The number of hydrogen-bond donors (Lipinski definition) is 0. The van der Waals surface area contributed by atoms with Crippen LogP contribution in [0.15, 0.2) is 49.2 Å². The Labute approximate surface area is 167 Å². The Balaban J connectivity index is 1.68. The van der Waals surface area contributed by atoms with Crippen molar-refractivity contribution in [2.75, 3.05) is 0 Å². The van der Waals surface area contributed by atoms with E-state index in [9.17, 15) is 0 Å². The molecule has 5 nitrogen and oxygen atoms in total. The summed E-state index contributed by atoms with van der Waals surface area (Å²) in [5, 5.41) is 0. The molecule has 3 aromatic heterocycles. The minimum atomic E-state index is 0.216. The summed E-state index contributed by atoms with van der Waals surface area (Å²) in [6.07, 6.45) is 11.8. The minimum Gasteiger partial charge on any atom is -0.261 e. The van der Waals surface area contributed by atoms with Gasteiger partial charge in [-0.3, -0.25) is 15.0 Å². The summed E-state index contributed by atoms with van der Waals surface area (Å²) >= 11 is 0. The number of rotatable bonds is 8. The predicted molar refractivity (Wildman–Crippen MR) is 111 cm³/mol. The standard InChI is InChI=1S/C23H29N5/c1-16(2)11-19-5-7-25-21(14-19)13-18(4)23-27-8-6-20(28-23)12-17(3)22-15-24-9-10-26-22/h5-10,14-18H,11-13H2,1-4H3. The maximum absolute atomic E-state index is 4.82. The zero-order chi connectivity index (χ0) is 19.9. The first-order valence-electron chi connectivity index (χ1n) is 10.0. The molecule has 3 heterocycles. The third-order valence-electron chi connectivity index (χ3n) is 4.82. The van der Waals surface area contributed by atoms with Crippen LogP contribution >= 0.6 is 0 Å². The molecule has 0 saturated heterocycles. The van der Waals surface area contributed by atoms with Gasteiger partial charge in [-0.1, -0.05) is 27.7 Å². The summed E-state index contributed by atoms with van der Waals surface area (Å²) in [6.45, 7) is 8.80. The zero-order valence-corrected chi connectivity index (χ0v) is 17.2. The summed E-state index contributed by atoms with van der Waals surface area (Å²) in [6, 6.07) is 6.32. The molecular formula is C23H29N5. The quantitative estimate of drug-likeness (QED) is 0.578. The van der Waals surface area contributed by atoms with Gasteiger partial charge in [-0.15, -0.1) is 0 Å². The molecule has 3 aromatic rings. The fourth-order valence-electron chi connectivity index (χ4n) is 3.39. The third kappa shape index (κ3) is 5.65. The molecule has 2 atom stereocenters. The van der Waals surface area contributed by atoms with Crippen LogP contribution in [0.2, 0.25) is 0 Å². The van der Waals surface area contributed by atoms with Crippen LogP contribution in [0.4, 0.5) is 0 Å². The maximum Gasteiger partial charge on any atom is 0.131 e. The average molecular weight is 376 g/mol. The van der Waals surface area contributed by atoms with E-state index in [2.05, 4.69) is 59.8 Å². The van der Waals surface area contributed by atoms with Gasteiger partial charge in [0, 0.05) is 54.2 Å². The Bertz CT molecular complexity index is 879. The number of hydrogen-bond acceptors (Lipinski definition) is 5. The highest BCUT2D eigenvalue weighted by atomic mass is 14.9. The molecule has 0 aliphatic rings. The van der Waals surface area contributed by atoms with Gasteiger partial charge in [-0.25, -0.2) is 9.97 Å². The Morgan fingerprint density at radius 1 is 0.750 bits per heavy atom. The fourth-order valence-corrected chi connectivity index (χ4v) is 3.39. The summed E-state index contributed by atoms with van der Waals surface area (Å²) in [5.41, 5.74) is 4.48. The summed E-state index contributed by atoms with van der Waals surface area (Å²) in [7, 11) is 0. The van der Waals surface area contributed by atoms with Crippen molar-refractivity contribution in [2.45, 2.75) is 58.8 Å². The topological polar surface area (TPSA) is 64.5 Å². The van der Waals surface area contributed by atoms with Crippen LogP contribution in [0.5, 0.6) is 0 Å². The molecule has 146 valence electrons. The van der Waals surface area contributed by atoms with Gasteiger partial charge in [-0.2, -0.15) is 0 Å². The Morgan fingerprint density at radius 3 is 2.29 bits per heavy atom. The van der Waals surface area contributed by atoms with E-state index in [1.807, 2.05) is 24.7 Å². The van der Waals surface area contributed by atoms with Gasteiger partial charge in [0.25, 0.3) is 0 Å². The van der Waals surface area contributed by atoms with Crippen molar-refractivity contribution >= 4 is 0 Å². The molecule has 0 aromatic carbocycles. The van der Waals surface area contributed by atoms with Crippen molar-refractivity contribution in [3.63, 3.8) is 0 Å². The predicted octanol–water partition coefficient (Wildman–Crippen LogP) is 4.55. The van der Waals surface area contributed by atoms with Crippen LogP contribution in [0.1, 0.15) is 68.0 Å². The summed E-state index contributed by atoms with van der Waals surface area (Å²) < 4.78 is 0. The molecule has 2 unspecified atom stereocenters. The first kappa shape index (κ1) is 20.1. The highest BCUT2D eigenvalue weighted by Crippen LogP contribution is 2.20. The lowest BCUT2D eigenvalue weighted by Gasteiger charge is -2.14. The van der Waals surface area contributed by atoms with Crippen LogP contribution < -0.4 is 0 Å². The lowest BCUT2D eigenvalue weighted by atomic mass is 9.99. The van der Waals surface area contributed by atoms with Gasteiger partial charge in [-0.05, 0) is 48.9 Å². The van der Waals surface area contributed by atoms with Crippen molar-refractivity contribution in [3.05, 3.63) is 77.7 Å². The van der Waals surface area contributed by atoms with E-state index in [4.69, 9.17) is 4.98 Å². The van der Waals surface area contributed by atoms with Crippen molar-refractivity contribution in [1.82, 2.24) is 24.9 Å². The molecule has 0 saturated carbocycles. The second-order valence-corrected chi connectivity index (χ2v) is 8.00. The summed E-state index contributed by atoms with van der Waals surface area (Å²) in [5.74, 6) is 2.00. The molecule has 0 aliphatic carbocycles. The molecule has 0 fully saturated rings. The first-order chi connectivity index (χ1) is 13.5. The first-order valence-corrected chi connectivity index (χ1v) is 10.0. The SMILES string of the molecule is CC(C)Cc1ccnc(CC(C)c2nccc(CC(C)c3cnccn3)n2)c1. The maximum atomic E-state index is 4.82. The van der Waals surface area contributed by atoms with E-state index in [0.29, 0.717) is 5.92 Å². The molecule has 0 bridgehead atoms. The van der Waals surface area contributed by atoms with E-state index in [0.717, 1.165) is 42.2 Å². The molecule has 5 heteroatoms. The molecule has 0 radical (unpaired) electrons. The largest absolute Gasteiger partial charge is 0.261 e. The highest BCUT2D eigenvalue weighted by Gasteiger charge is 2.14. The number of nitrogens with zero attached hydrogens (tertiary/aromatic N) is 5. The van der Waals surface area contributed by atoms with Gasteiger partial charge >= 0.3 is 0 Å². The van der Waals surface area contributed by atoms with Crippen LogP contribution in [-0.4, -0.2) is 24.9 Å². The molecule has 0 N–H and O–H groups in total. The number of pyridine rings is 1. The monoisotopic (exact) mass is 375 g/mol. The molecule has 0 amide bonds. The van der Waals surface area contributed by atoms with Crippen LogP contribution in [0.3, 0.4) is 0 Å². The number of aromatic nitrogens is 5. The fraction of sp³-hybridized carbons (Fsp3) is 0.435. The van der Waals surface area contributed by atoms with Gasteiger partial charge in [0.1, 0.15) is 5.82 Å². The second kappa shape index (κ2) is 9.49. The molecule has 0 spiro atoms. The van der Waals surface area contributed by atoms with Gasteiger partial charge in [0.15, 0.2) is 0 Å². The van der Waals surface area contributed by atoms with Gasteiger partial charge in [0.2, 0.25) is 0 Å². The lowest BCUT2D eigenvalue weighted by molar-refractivity contribution is 0.640. The second-order valence-electron chi connectivity index (χ2n) is 8.00. The Hall–Kier alpha value is -2.69. The lowest BCUT2D eigenvalue weighted by Crippen LogP contribution is -2.09. The van der Waals surface area contributed by atoms with E-state index in [1.165, 1.54) is 5.56 Å². The van der Waals surface area contributed by atoms with E-state index < -0.39 is 0 Å². The minimum absolute atomic E-state index is 0.216. The molecule has 28 heavy (non-hydrogen) atoms. The highest BCUT2D eigenvalue weighted by molar-refractivity contribution is 5.19. The van der Waals surface area contributed by atoms with E-state index in [-0.39, 0.29) is 11.8 Å². The third-order valence-corrected chi connectivity index (χ3v) is 4.82. The summed E-state index contributed by atoms with van der Waals surface area (Å²) in [4.78, 5) is 22.5. The van der Waals surface area contributed by atoms with E-state index in [1.54, 1.807) is 12.4 Å². The van der Waals surface area contributed by atoms with Crippen molar-refractivity contribution in [2.24, 2.45) is 5.92 Å². The zero-order valence-electron chi connectivity index (χ0n) is 17.2. The average Bonchev–Trinajstić information content (AvgIpc) is 2.68. The Kier molecular flexibility index (Phi) is 6.80. The van der Waals surface area contributed by atoms with Crippen LogP contribution in [-0.2, 0) is 19.3 Å². The molecular weight excluding hydrogens is 346 g/mol. The van der Waals surface area contributed by atoms with E-state index >= 15 is 0 Å². The van der Waals surface area contributed by atoms with Crippen molar-refractivity contribution in [3.8, 4) is 0 Å². The van der Waals surface area contributed by atoms with Crippen LogP contribution in [0.25, 0.3) is 0 Å². The molecule has 3 rings (SSSR count). The van der Waals surface area contributed by atoms with Gasteiger partial charge < -0.3 is 0 Å². The Morgan fingerprint density at radius 2 is 1.54 bits per heavy atom. The van der Waals surface area contributed by atoms with Crippen LogP contribution in [0, 0.1) is 5.92 Å².